The number of hydrogen-bond donors (Lipinski definition) is 1. The number of rotatable bonds is 7. The van der Waals surface area contributed by atoms with E-state index in [2.05, 4.69) is 12.2 Å². The van der Waals surface area contributed by atoms with E-state index in [1.54, 1.807) is 0 Å². The summed E-state index contributed by atoms with van der Waals surface area (Å²) in [6.45, 7) is 0.749. The van der Waals surface area contributed by atoms with Gasteiger partial charge in [-0.15, -0.1) is 0 Å². The van der Waals surface area contributed by atoms with Gasteiger partial charge in [0.25, 0.3) is 0 Å². The van der Waals surface area contributed by atoms with Gasteiger partial charge in [0.1, 0.15) is 12.6 Å². The lowest BCUT2D eigenvalue weighted by atomic mass is 9.91. The fraction of sp³-hybridized carbons (Fsp3) is 0.733. The molecule has 3 heteroatoms. The first-order valence-corrected chi connectivity index (χ1v) is 7.07. The van der Waals surface area contributed by atoms with Crippen molar-refractivity contribution in [2.75, 3.05) is 6.54 Å². The van der Waals surface area contributed by atoms with Crippen LogP contribution < -0.4 is 5.73 Å². The summed E-state index contributed by atoms with van der Waals surface area (Å²) < 4.78 is 0. The fourth-order valence-corrected chi connectivity index (χ4v) is 2.84. The first-order valence-electron chi connectivity index (χ1n) is 7.07. The van der Waals surface area contributed by atoms with Gasteiger partial charge in [-0.1, -0.05) is 18.6 Å². The summed E-state index contributed by atoms with van der Waals surface area (Å²) in [5.74, 6) is 2.25. The molecule has 102 valence electrons. The van der Waals surface area contributed by atoms with Crippen LogP contribution in [0.3, 0.4) is 0 Å². The van der Waals surface area contributed by atoms with Crippen LogP contribution in [0, 0.1) is 17.8 Å². The molecular formula is C15H25NO2. The second-order valence-corrected chi connectivity index (χ2v) is 5.25. The first-order chi connectivity index (χ1) is 8.81. The molecule has 3 atom stereocenters. The van der Waals surface area contributed by atoms with Crippen LogP contribution in [0.25, 0.3) is 0 Å². The molecule has 0 aliphatic heterocycles. The Kier molecular flexibility index (Phi) is 7.58. The third-order valence-corrected chi connectivity index (χ3v) is 3.84. The van der Waals surface area contributed by atoms with E-state index >= 15 is 0 Å². The molecule has 0 aromatic carbocycles. The lowest BCUT2D eigenvalue weighted by molar-refractivity contribution is -0.109. The van der Waals surface area contributed by atoms with Crippen LogP contribution in [0.4, 0.5) is 0 Å². The summed E-state index contributed by atoms with van der Waals surface area (Å²) in [6.07, 6.45) is 13.8. The molecule has 2 aliphatic rings. The Morgan fingerprint density at radius 3 is 2.39 bits per heavy atom. The van der Waals surface area contributed by atoms with E-state index in [4.69, 9.17) is 5.73 Å². The smallest absolute Gasteiger partial charge is 0.120 e. The molecule has 1 saturated carbocycles. The third kappa shape index (κ3) is 5.13. The van der Waals surface area contributed by atoms with E-state index < -0.39 is 0 Å². The van der Waals surface area contributed by atoms with Crippen LogP contribution in [0.1, 0.15) is 44.9 Å². The van der Waals surface area contributed by atoms with Crippen molar-refractivity contribution in [1.82, 2.24) is 0 Å². The summed E-state index contributed by atoms with van der Waals surface area (Å²) in [5.41, 5.74) is 5.22. The van der Waals surface area contributed by atoms with E-state index in [1.165, 1.54) is 12.8 Å². The van der Waals surface area contributed by atoms with Gasteiger partial charge < -0.3 is 15.3 Å². The highest BCUT2D eigenvalue weighted by Crippen LogP contribution is 2.44. The average Bonchev–Trinajstić information content (AvgIpc) is 2.98. The highest BCUT2D eigenvalue weighted by molar-refractivity contribution is 5.50. The van der Waals surface area contributed by atoms with Crippen LogP contribution in [-0.2, 0) is 9.59 Å². The standard InChI is InChI=1S/C9H12O.C6H13NO/c10-4-3-9-6-7-1-2-8(9)5-7;7-5-3-1-2-4-6-8/h1-2,4,7-9H,3,5-6H2;6H,1-5,7H2. The molecule has 0 radical (unpaired) electrons. The highest BCUT2D eigenvalue weighted by atomic mass is 16.1. The molecule has 0 spiro atoms. The van der Waals surface area contributed by atoms with E-state index in [9.17, 15) is 9.59 Å². The van der Waals surface area contributed by atoms with Gasteiger partial charge in [-0.05, 0) is 50.0 Å². The Morgan fingerprint density at radius 2 is 1.89 bits per heavy atom. The predicted octanol–water partition coefficient (Wildman–Crippen LogP) is 2.49. The minimum absolute atomic E-state index is 0.687. The van der Waals surface area contributed by atoms with Crippen molar-refractivity contribution < 1.29 is 9.59 Å². The lowest BCUT2D eigenvalue weighted by Crippen LogP contribution is -2.06. The Morgan fingerprint density at radius 1 is 1.06 bits per heavy atom. The Labute approximate surface area is 110 Å². The number of nitrogens with two attached hydrogens (primary N) is 1. The first kappa shape index (κ1) is 15.1. The molecule has 3 nitrogen and oxygen atoms in total. The number of hydrogen-bond acceptors (Lipinski definition) is 3. The van der Waals surface area contributed by atoms with Crippen molar-refractivity contribution in [3.63, 3.8) is 0 Å². The second kappa shape index (κ2) is 9.03. The molecule has 1 fully saturated rings. The van der Waals surface area contributed by atoms with Crippen molar-refractivity contribution >= 4 is 12.6 Å². The van der Waals surface area contributed by atoms with Gasteiger partial charge in [0, 0.05) is 12.8 Å². The highest BCUT2D eigenvalue weighted by Gasteiger charge is 2.34. The molecule has 2 aliphatic carbocycles. The number of carbonyl (C=O) groups excluding carboxylic acids is 2. The van der Waals surface area contributed by atoms with Crippen molar-refractivity contribution in [3.05, 3.63) is 12.2 Å². The van der Waals surface area contributed by atoms with Crippen LogP contribution in [0.5, 0.6) is 0 Å². The quantitative estimate of drug-likeness (QED) is 0.429. The molecule has 0 heterocycles. The van der Waals surface area contributed by atoms with E-state index in [-0.39, 0.29) is 0 Å². The fourth-order valence-electron chi connectivity index (χ4n) is 2.84. The molecule has 0 amide bonds. The number of carbonyl (C=O) groups is 2. The average molecular weight is 251 g/mol. The van der Waals surface area contributed by atoms with Crippen molar-refractivity contribution in [1.29, 1.82) is 0 Å². The van der Waals surface area contributed by atoms with E-state index in [0.29, 0.717) is 12.3 Å². The maximum absolute atomic E-state index is 10.2. The minimum Gasteiger partial charge on any atom is -0.330 e. The summed E-state index contributed by atoms with van der Waals surface area (Å²) in [4.78, 5) is 19.9. The molecule has 3 unspecified atom stereocenters. The number of unbranched alkanes of at least 4 members (excludes halogenated alkanes) is 3. The van der Waals surface area contributed by atoms with Crippen molar-refractivity contribution in [2.24, 2.45) is 23.5 Å². The van der Waals surface area contributed by atoms with Gasteiger partial charge in [0.2, 0.25) is 0 Å². The van der Waals surface area contributed by atoms with Gasteiger partial charge in [-0.3, -0.25) is 0 Å². The molecule has 0 saturated heterocycles. The maximum Gasteiger partial charge on any atom is 0.120 e. The monoisotopic (exact) mass is 251 g/mol. The van der Waals surface area contributed by atoms with Gasteiger partial charge in [-0.25, -0.2) is 0 Å². The molecule has 0 aromatic rings. The molecule has 2 bridgehead atoms. The summed E-state index contributed by atoms with van der Waals surface area (Å²) >= 11 is 0. The van der Waals surface area contributed by atoms with Crippen LogP contribution in [0.15, 0.2) is 12.2 Å². The third-order valence-electron chi connectivity index (χ3n) is 3.84. The van der Waals surface area contributed by atoms with Crippen molar-refractivity contribution in [2.45, 2.75) is 44.9 Å². The molecular weight excluding hydrogens is 226 g/mol. The largest absolute Gasteiger partial charge is 0.330 e. The lowest BCUT2D eigenvalue weighted by Gasteiger charge is -2.13. The zero-order valence-corrected chi connectivity index (χ0v) is 11.1. The number of allylic oxidation sites excluding steroid dienone is 2. The minimum atomic E-state index is 0.687. The van der Waals surface area contributed by atoms with Gasteiger partial charge >= 0.3 is 0 Å². The predicted molar refractivity (Wildman–Crippen MR) is 73.1 cm³/mol. The zero-order valence-electron chi connectivity index (χ0n) is 11.1. The SMILES string of the molecule is NCCCCCC=O.O=CCC1CC2C=CC1C2. The summed E-state index contributed by atoms with van der Waals surface area (Å²) in [5, 5.41) is 0. The second-order valence-electron chi connectivity index (χ2n) is 5.25. The Bertz CT molecular complexity index is 276. The van der Waals surface area contributed by atoms with Crippen molar-refractivity contribution in [3.8, 4) is 0 Å². The van der Waals surface area contributed by atoms with Crippen LogP contribution in [-0.4, -0.2) is 19.1 Å². The Balaban J connectivity index is 0.000000187. The zero-order chi connectivity index (χ0) is 13.2. The summed E-state index contributed by atoms with van der Waals surface area (Å²) in [6, 6.07) is 0. The number of aldehydes is 2. The number of fused-ring (bicyclic) bond motifs is 2. The maximum atomic E-state index is 10.2. The molecule has 2 rings (SSSR count). The molecule has 2 N–H and O–H groups in total. The van der Waals surface area contributed by atoms with Gasteiger partial charge in [-0.2, -0.15) is 0 Å². The van der Waals surface area contributed by atoms with Gasteiger partial charge in [0.05, 0.1) is 0 Å². The Hall–Kier alpha value is -0.960. The molecule has 0 aromatic heterocycles. The summed E-state index contributed by atoms with van der Waals surface area (Å²) in [7, 11) is 0. The normalized spacial score (nSPS) is 27.7. The van der Waals surface area contributed by atoms with Gasteiger partial charge in [0.15, 0.2) is 0 Å². The molecule has 18 heavy (non-hydrogen) atoms. The van der Waals surface area contributed by atoms with Crippen LogP contribution in [0.2, 0.25) is 0 Å². The topological polar surface area (TPSA) is 60.2 Å². The van der Waals surface area contributed by atoms with E-state index in [0.717, 1.165) is 56.6 Å². The van der Waals surface area contributed by atoms with E-state index in [1.807, 2.05) is 0 Å². The van der Waals surface area contributed by atoms with Crippen LogP contribution >= 0.6 is 0 Å².